The van der Waals surface area contributed by atoms with Gasteiger partial charge < -0.3 is 5.32 Å². The number of nitrogens with zero attached hydrogens (tertiary/aromatic N) is 1. The first-order valence-electron chi connectivity index (χ1n) is 5.74. The van der Waals surface area contributed by atoms with E-state index in [9.17, 15) is 4.79 Å². The average molecular weight is 272 g/mol. The highest BCUT2D eigenvalue weighted by Gasteiger charge is 2.13. The lowest BCUT2D eigenvalue weighted by Gasteiger charge is -2.03. The largest absolute Gasteiger partial charge is 0.321 e. The molecule has 1 aromatic heterocycles. The third-order valence-corrected chi connectivity index (χ3v) is 3.04. The van der Waals surface area contributed by atoms with Crippen molar-refractivity contribution in [2.75, 3.05) is 5.32 Å². The van der Waals surface area contributed by atoms with Gasteiger partial charge in [-0.05, 0) is 30.3 Å². The molecule has 2 N–H and O–H groups in total. The van der Waals surface area contributed by atoms with Crippen LogP contribution in [0.5, 0.6) is 0 Å². The molecule has 0 radical (unpaired) electrons. The molecule has 0 unspecified atom stereocenters. The molecule has 0 bridgehead atoms. The maximum Gasteiger partial charge on any atom is 0.276 e. The van der Waals surface area contributed by atoms with Crippen molar-refractivity contribution >= 4 is 34.1 Å². The number of carbonyl (C=O) groups is 1. The van der Waals surface area contributed by atoms with Crippen LogP contribution in [-0.4, -0.2) is 16.1 Å². The normalized spacial score (nSPS) is 10.6. The SMILES string of the molecule is O=C(Nc1ccc(Cl)cc1)c1n[nH]c2ccccc12. The van der Waals surface area contributed by atoms with Gasteiger partial charge in [-0.1, -0.05) is 29.8 Å². The second kappa shape index (κ2) is 4.74. The number of nitrogens with one attached hydrogen (secondary N) is 2. The number of fused-ring (bicyclic) bond motifs is 1. The Balaban J connectivity index is 1.90. The molecule has 1 amide bonds. The smallest absolute Gasteiger partial charge is 0.276 e. The molecule has 3 aromatic rings. The fourth-order valence-electron chi connectivity index (χ4n) is 1.86. The van der Waals surface area contributed by atoms with Crippen LogP contribution in [0.4, 0.5) is 5.69 Å². The van der Waals surface area contributed by atoms with Crippen LogP contribution in [0.15, 0.2) is 48.5 Å². The van der Waals surface area contributed by atoms with E-state index in [4.69, 9.17) is 11.6 Å². The van der Waals surface area contributed by atoms with Gasteiger partial charge in [0.05, 0.1) is 5.52 Å². The number of aromatic amines is 1. The summed E-state index contributed by atoms with van der Waals surface area (Å²) in [4.78, 5) is 12.1. The summed E-state index contributed by atoms with van der Waals surface area (Å²) in [7, 11) is 0. The lowest BCUT2D eigenvalue weighted by atomic mass is 10.2. The van der Waals surface area contributed by atoms with E-state index in [0.717, 1.165) is 10.9 Å². The van der Waals surface area contributed by atoms with Crippen molar-refractivity contribution < 1.29 is 4.79 Å². The Morgan fingerprint density at radius 3 is 2.63 bits per heavy atom. The van der Waals surface area contributed by atoms with Crippen molar-refractivity contribution in [3.63, 3.8) is 0 Å². The first kappa shape index (κ1) is 11.7. The molecule has 0 atom stereocenters. The highest BCUT2D eigenvalue weighted by Crippen LogP contribution is 2.18. The highest BCUT2D eigenvalue weighted by atomic mass is 35.5. The molecule has 0 saturated carbocycles. The van der Waals surface area contributed by atoms with E-state index in [1.165, 1.54) is 0 Å². The molecule has 0 aliphatic carbocycles. The molecule has 0 fully saturated rings. The van der Waals surface area contributed by atoms with Gasteiger partial charge in [0.1, 0.15) is 0 Å². The van der Waals surface area contributed by atoms with Crippen molar-refractivity contribution in [3.8, 4) is 0 Å². The maximum absolute atomic E-state index is 12.1. The van der Waals surface area contributed by atoms with E-state index >= 15 is 0 Å². The fraction of sp³-hybridized carbons (Fsp3) is 0. The van der Waals surface area contributed by atoms with E-state index in [0.29, 0.717) is 16.4 Å². The molecule has 94 valence electrons. The molecule has 0 spiro atoms. The number of para-hydroxylation sites is 1. The number of anilines is 1. The Bertz CT molecular complexity index is 734. The second-order valence-electron chi connectivity index (χ2n) is 4.08. The van der Waals surface area contributed by atoms with Crippen LogP contribution in [0, 0.1) is 0 Å². The van der Waals surface area contributed by atoms with Crippen molar-refractivity contribution in [3.05, 3.63) is 59.2 Å². The molecule has 2 aromatic carbocycles. The Morgan fingerprint density at radius 2 is 1.84 bits per heavy atom. The predicted molar refractivity (Wildman–Crippen MR) is 75.5 cm³/mol. The third kappa shape index (κ3) is 2.30. The number of halogens is 1. The van der Waals surface area contributed by atoms with Crippen molar-refractivity contribution in [1.29, 1.82) is 0 Å². The minimum atomic E-state index is -0.250. The van der Waals surface area contributed by atoms with E-state index in [-0.39, 0.29) is 5.91 Å². The topological polar surface area (TPSA) is 57.8 Å². The molecule has 5 heteroatoms. The van der Waals surface area contributed by atoms with Gasteiger partial charge in [0.25, 0.3) is 5.91 Å². The van der Waals surface area contributed by atoms with Crippen LogP contribution < -0.4 is 5.32 Å². The molecule has 0 aliphatic rings. The Kier molecular flexibility index (Phi) is 2.93. The summed E-state index contributed by atoms with van der Waals surface area (Å²) in [5.74, 6) is -0.250. The summed E-state index contributed by atoms with van der Waals surface area (Å²) in [6.07, 6.45) is 0. The van der Waals surface area contributed by atoms with Gasteiger partial charge in [0.2, 0.25) is 0 Å². The van der Waals surface area contributed by atoms with Crippen molar-refractivity contribution in [2.45, 2.75) is 0 Å². The molecular formula is C14H10ClN3O. The van der Waals surface area contributed by atoms with Gasteiger partial charge in [-0.25, -0.2) is 0 Å². The standard InChI is InChI=1S/C14H10ClN3O/c15-9-5-7-10(8-6-9)16-14(19)13-11-3-1-2-4-12(11)17-18-13/h1-8H,(H,16,19)(H,17,18). The summed E-state index contributed by atoms with van der Waals surface area (Å²) in [6.45, 7) is 0. The van der Waals surface area contributed by atoms with Crippen LogP contribution in [0.25, 0.3) is 10.9 Å². The second-order valence-corrected chi connectivity index (χ2v) is 4.52. The Hall–Kier alpha value is -2.33. The minimum absolute atomic E-state index is 0.250. The number of benzene rings is 2. The lowest BCUT2D eigenvalue weighted by Crippen LogP contribution is -2.12. The number of carbonyl (C=O) groups excluding carboxylic acids is 1. The number of rotatable bonds is 2. The van der Waals surface area contributed by atoms with Gasteiger partial charge in [-0.15, -0.1) is 0 Å². The number of amides is 1. The zero-order valence-corrected chi connectivity index (χ0v) is 10.6. The summed E-state index contributed by atoms with van der Waals surface area (Å²) < 4.78 is 0. The van der Waals surface area contributed by atoms with E-state index in [1.807, 2.05) is 24.3 Å². The maximum atomic E-state index is 12.1. The number of H-pyrrole nitrogens is 1. The summed E-state index contributed by atoms with van der Waals surface area (Å²) >= 11 is 5.80. The first-order valence-corrected chi connectivity index (χ1v) is 6.12. The van der Waals surface area contributed by atoms with E-state index in [2.05, 4.69) is 15.5 Å². The summed E-state index contributed by atoms with van der Waals surface area (Å²) in [6, 6.07) is 14.4. The summed E-state index contributed by atoms with van der Waals surface area (Å²) in [5.41, 5.74) is 1.90. The molecule has 0 saturated heterocycles. The third-order valence-electron chi connectivity index (χ3n) is 2.79. The van der Waals surface area contributed by atoms with Gasteiger partial charge in [0, 0.05) is 16.1 Å². The Labute approximate surface area is 114 Å². The van der Waals surface area contributed by atoms with Crippen LogP contribution in [-0.2, 0) is 0 Å². The van der Waals surface area contributed by atoms with Crippen LogP contribution >= 0.6 is 11.6 Å². The van der Waals surface area contributed by atoms with Crippen molar-refractivity contribution in [2.24, 2.45) is 0 Å². The lowest BCUT2D eigenvalue weighted by molar-refractivity contribution is 0.102. The van der Waals surface area contributed by atoms with Crippen LogP contribution in [0.1, 0.15) is 10.5 Å². The zero-order chi connectivity index (χ0) is 13.2. The molecule has 0 aliphatic heterocycles. The summed E-state index contributed by atoms with van der Waals surface area (Å²) in [5, 5.41) is 11.1. The molecule has 4 nitrogen and oxygen atoms in total. The van der Waals surface area contributed by atoms with E-state index in [1.54, 1.807) is 24.3 Å². The average Bonchev–Trinajstić information content (AvgIpc) is 2.85. The predicted octanol–water partition coefficient (Wildman–Crippen LogP) is 3.47. The van der Waals surface area contributed by atoms with Gasteiger partial charge in [-0.3, -0.25) is 9.89 Å². The fourth-order valence-corrected chi connectivity index (χ4v) is 1.99. The molecule has 1 heterocycles. The van der Waals surface area contributed by atoms with Gasteiger partial charge in [-0.2, -0.15) is 5.10 Å². The van der Waals surface area contributed by atoms with E-state index < -0.39 is 0 Å². The Morgan fingerprint density at radius 1 is 1.11 bits per heavy atom. The monoisotopic (exact) mass is 271 g/mol. The zero-order valence-electron chi connectivity index (χ0n) is 9.85. The number of hydrogen-bond donors (Lipinski definition) is 2. The molecule has 3 rings (SSSR count). The van der Waals surface area contributed by atoms with Crippen molar-refractivity contribution in [1.82, 2.24) is 10.2 Å². The molecular weight excluding hydrogens is 262 g/mol. The van der Waals surface area contributed by atoms with Crippen LogP contribution in [0.2, 0.25) is 5.02 Å². The van der Waals surface area contributed by atoms with Gasteiger partial charge in [0.15, 0.2) is 5.69 Å². The number of aromatic nitrogens is 2. The first-order chi connectivity index (χ1) is 9.24. The van der Waals surface area contributed by atoms with Crippen LogP contribution in [0.3, 0.4) is 0 Å². The molecule has 19 heavy (non-hydrogen) atoms. The number of hydrogen-bond acceptors (Lipinski definition) is 2. The highest BCUT2D eigenvalue weighted by molar-refractivity contribution is 6.30. The van der Waals surface area contributed by atoms with Gasteiger partial charge >= 0.3 is 0 Å². The minimum Gasteiger partial charge on any atom is -0.321 e. The quantitative estimate of drug-likeness (QED) is 0.750.